The maximum absolute atomic E-state index is 12.7. The Bertz CT molecular complexity index is 1190. The molecule has 0 aliphatic carbocycles. The van der Waals surface area contributed by atoms with E-state index in [1.54, 1.807) is 12.1 Å². The van der Waals surface area contributed by atoms with E-state index in [0.29, 0.717) is 43.5 Å². The Morgan fingerprint density at radius 2 is 1.73 bits per heavy atom. The summed E-state index contributed by atoms with van der Waals surface area (Å²) < 4.78 is 7.13. The number of hydrogen-bond donors (Lipinski definition) is 0. The van der Waals surface area contributed by atoms with Crippen molar-refractivity contribution < 1.29 is 9.21 Å². The minimum absolute atomic E-state index is 0.0865. The van der Waals surface area contributed by atoms with Gasteiger partial charge in [-0.2, -0.15) is 0 Å². The Balaban J connectivity index is 1.41. The van der Waals surface area contributed by atoms with Crippen LogP contribution in [0.5, 0.6) is 0 Å². The van der Waals surface area contributed by atoms with Crippen LogP contribution in [0.3, 0.4) is 0 Å². The van der Waals surface area contributed by atoms with Crippen LogP contribution in [-0.2, 0) is 6.54 Å². The van der Waals surface area contributed by atoms with Gasteiger partial charge >= 0.3 is 0 Å². The number of carbonyl (C=O) groups excluding carboxylic acids is 1. The van der Waals surface area contributed by atoms with Gasteiger partial charge in [-0.15, -0.1) is 5.10 Å². The minimum atomic E-state index is -0.165. The molecule has 1 aliphatic rings. The van der Waals surface area contributed by atoms with Gasteiger partial charge in [-0.25, -0.2) is 4.68 Å². The SMILES string of the molecule is O=C(c1ccco1)N1CCN(C(c2ccc(Cl)cc2)c2nnnn2Cc2ccccc2)CC1. The fourth-order valence-electron chi connectivity index (χ4n) is 4.18. The molecule has 1 atom stereocenters. The molecule has 1 saturated heterocycles. The molecular formula is C24H23ClN6O2. The highest BCUT2D eigenvalue weighted by atomic mass is 35.5. The zero-order valence-corrected chi connectivity index (χ0v) is 18.7. The summed E-state index contributed by atoms with van der Waals surface area (Å²) in [6, 6.07) is 21.2. The van der Waals surface area contributed by atoms with Crippen LogP contribution in [0.4, 0.5) is 0 Å². The van der Waals surface area contributed by atoms with Crippen molar-refractivity contribution in [2.24, 2.45) is 0 Å². The van der Waals surface area contributed by atoms with Crippen LogP contribution < -0.4 is 0 Å². The quantitative estimate of drug-likeness (QED) is 0.436. The Labute approximate surface area is 196 Å². The molecule has 5 rings (SSSR count). The molecule has 4 aromatic rings. The van der Waals surface area contributed by atoms with E-state index in [1.807, 2.05) is 52.0 Å². The summed E-state index contributed by atoms with van der Waals surface area (Å²) in [5.74, 6) is 1.04. The molecule has 0 radical (unpaired) electrons. The molecule has 0 bridgehead atoms. The predicted octanol–water partition coefficient (Wildman–Crippen LogP) is 3.52. The van der Waals surface area contributed by atoms with Crippen molar-refractivity contribution in [2.45, 2.75) is 12.6 Å². The third-order valence-corrected chi connectivity index (χ3v) is 6.12. The summed E-state index contributed by atoms with van der Waals surface area (Å²) in [6.45, 7) is 3.10. The average molecular weight is 463 g/mol. The number of benzene rings is 2. The lowest BCUT2D eigenvalue weighted by Crippen LogP contribution is -2.50. The Hall–Kier alpha value is -3.49. The first-order valence-electron chi connectivity index (χ1n) is 10.8. The maximum atomic E-state index is 12.7. The molecule has 0 saturated carbocycles. The van der Waals surface area contributed by atoms with Gasteiger partial charge in [-0.3, -0.25) is 9.69 Å². The number of tetrazole rings is 1. The lowest BCUT2D eigenvalue weighted by atomic mass is 10.0. The van der Waals surface area contributed by atoms with Crippen LogP contribution in [0, 0.1) is 0 Å². The van der Waals surface area contributed by atoms with Crippen molar-refractivity contribution in [2.75, 3.05) is 26.2 Å². The molecule has 8 nitrogen and oxygen atoms in total. The molecule has 1 unspecified atom stereocenters. The lowest BCUT2D eigenvalue weighted by Gasteiger charge is -2.38. The normalized spacial score (nSPS) is 15.5. The van der Waals surface area contributed by atoms with Crippen LogP contribution in [0.25, 0.3) is 0 Å². The topological polar surface area (TPSA) is 80.3 Å². The zero-order valence-electron chi connectivity index (χ0n) is 17.9. The molecule has 1 amide bonds. The highest BCUT2D eigenvalue weighted by molar-refractivity contribution is 6.30. The van der Waals surface area contributed by atoms with Gasteiger partial charge in [0.15, 0.2) is 11.6 Å². The second-order valence-electron chi connectivity index (χ2n) is 7.94. The molecule has 0 N–H and O–H groups in total. The molecule has 33 heavy (non-hydrogen) atoms. The summed E-state index contributed by atoms with van der Waals surface area (Å²) in [6.07, 6.45) is 1.52. The molecule has 2 aromatic carbocycles. The molecule has 1 fully saturated rings. The Kier molecular flexibility index (Phi) is 6.19. The smallest absolute Gasteiger partial charge is 0.289 e. The third kappa shape index (κ3) is 4.67. The van der Waals surface area contributed by atoms with E-state index in [2.05, 4.69) is 32.6 Å². The monoisotopic (exact) mass is 462 g/mol. The summed E-state index contributed by atoms with van der Waals surface area (Å²) in [5.41, 5.74) is 2.17. The van der Waals surface area contributed by atoms with Crippen molar-refractivity contribution in [1.29, 1.82) is 0 Å². The van der Waals surface area contributed by atoms with Gasteiger partial charge in [-0.1, -0.05) is 54.1 Å². The summed E-state index contributed by atoms with van der Waals surface area (Å²) in [5, 5.41) is 13.3. The molecular weight excluding hydrogens is 440 g/mol. The maximum Gasteiger partial charge on any atom is 0.289 e. The summed E-state index contributed by atoms with van der Waals surface area (Å²) in [7, 11) is 0. The van der Waals surface area contributed by atoms with Gasteiger partial charge in [0.25, 0.3) is 5.91 Å². The van der Waals surface area contributed by atoms with Crippen LogP contribution in [-0.4, -0.2) is 62.1 Å². The number of hydrogen-bond acceptors (Lipinski definition) is 6. The van der Waals surface area contributed by atoms with Crippen LogP contribution in [0.2, 0.25) is 5.02 Å². The summed E-state index contributed by atoms with van der Waals surface area (Å²) >= 11 is 6.16. The third-order valence-electron chi connectivity index (χ3n) is 5.86. The van der Waals surface area contributed by atoms with E-state index in [4.69, 9.17) is 16.0 Å². The number of aromatic nitrogens is 4. The predicted molar refractivity (Wildman–Crippen MR) is 123 cm³/mol. The van der Waals surface area contributed by atoms with Gasteiger partial charge in [0.05, 0.1) is 18.8 Å². The van der Waals surface area contributed by atoms with E-state index < -0.39 is 0 Å². The van der Waals surface area contributed by atoms with Crippen LogP contribution in [0.1, 0.15) is 33.5 Å². The standard InChI is InChI=1S/C24H23ClN6O2/c25-20-10-8-19(9-11-20)22(23-26-27-28-31(23)17-18-5-2-1-3-6-18)29-12-14-30(15-13-29)24(32)21-7-4-16-33-21/h1-11,16,22H,12-15,17H2. The second-order valence-corrected chi connectivity index (χ2v) is 8.38. The number of piperazine rings is 1. The molecule has 0 spiro atoms. The lowest BCUT2D eigenvalue weighted by molar-refractivity contribution is 0.0559. The number of halogens is 1. The first-order chi connectivity index (χ1) is 16.2. The van der Waals surface area contributed by atoms with Gasteiger partial charge < -0.3 is 9.32 Å². The van der Waals surface area contributed by atoms with Crippen molar-refractivity contribution in [3.63, 3.8) is 0 Å². The Morgan fingerprint density at radius 1 is 0.970 bits per heavy atom. The van der Waals surface area contributed by atoms with Gasteiger partial charge in [-0.05, 0) is 45.8 Å². The number of carbonyl (C=O) groups is 1. The Morgan fingerprint density at radius 3 is 2.42 bits per heavy atom. The number of amides is 1. The van der Waals surface area contributed by atoms with Crippen LogP contribution >= 0.6 is 11.6 Å². The summed E-state index contributed by atoms with van der Waals surface area (Å²) in [4.78, 5) is 16.8. The van der Waals surface area contributed by atoms with Crippen molar-refractivity contribution >= 4 is 17.5 Å². The minimum Gasteiger partial charge on any atom is -0.459 e. The largest absolute Gasteiger partial charge is 0.459 e. The number of nitrogens with zero attached hydrogens (tertiary/aromatic N) is 6. The number of rotatable bonds is 6. The highest BCUT2D eigenvalue weighted by Crippen LogP contribution is 2.29. The van der Waals surface area contributed by atoms with Crippen molar-refractivity contribution in [1.82, 2.24) is 30.0 Å². The number of furan rings is 1. The second kappa shape index (κ2) is 9.56. The fraction of sp³-hybridized carbons (Fsp3) is 0.250. The highest BCUT2D eigenvalue weighted by Gasteiger charge is 2.32. The van der Waals surface area contributed by atoms with Gasteiger partial charge in [0.2, 0.25) is 0 Å². The van der Waals surface area contributed by atoms with E-state index in [-0.39, 0.29) is 11.9 Å². The first kappa shape index (κ1) is 21.4. The van der Waals surface area contributed by atoms with Crippen molar-refractivity contribution in [3.05, 3.63) is 101 Å². The van der Waals surface area contributed by atoms with Crippen molar-refractivity contribution in [3.8, 4) is 0 Å². The van der Waals surface area contributed by atoms with Crippen LogP contribution in [0.15, 0.2) is 77.4 Å². The van der Waals surface area contributed by atoms with Gasteiger partial charge in [0, 0.05) is 31.2 Å². The molecule has 3 heterocycles. The van der Waals surface area contributed by atoms with Gasteiger partial charge in [0.1, 0.15) is 0 Å². The van der Waals surface area contributed by atoms with E-state index in [1.165, 1.54) is 6.26 Å². The fourth-order valence-corrected chi connectivity index (χ4v) is 4.31. The molecule has 9 heteroatoms. The molecule has 1 aliphatic heterocycles. The molecule has 168 valence electrons. The van der Waals surface area contributed by atoms with E-state index in [9.17, 15) is 4.79 Å². The average Bonchev–Trinajstić information content (AvgIpc) is 3.54. The molecule has 2 aromatic heterocycles. The zero-order chi connectivity index (χ0) is 22.6. The first-order valence-corrected chi connectivity index (χ1v) is 11.2. The van der Waals surface area contributed by atoms with E-state index in [0.717, 1.165) is 17.0 Å². The van der Waals surface area contributed by atoms with E-state index >= 15 is 0 Å².